The molecule has 0 spiro atoms. The molecule has 4 nitrogen and oxygen atoms in total. The molecule has 1 aliphatic rings. The van der Waals surface area contributed by atoms with E-state index in [0.717, 1.165) is 0 Å². The third-order valence-electron chi connectivity index (χ3n) is 4.23. The van der Waals surface area contributed by atoms with Gasteiger partial charge in [-0.15, -0.1) is 0 Å². The van der Waals surface area contributed by atoms with Crippen LogP contribution in [0.5, 0.6) is 0 Å². The fourth-order valence-corrected chi connectivity index (χ4v) is 3.23. The van der Waals surface area contributed by atoms with E-state index in [1.54, 1.807) is 12.1 Å². The Morgan fingerprint density at radius 1 is 1.40 bits per heavy atom. The number of nitrogens with zero attached hydrogens (tertiary/aromatic N) is 1. The van der Waals surface area contributed by atoms with E-state index in [0.29, 0.717) is 29.1 Å². The molecule has 2 unspecified atom stereocenters. The summed E-state index contributed by atoms with van der Waals surface area (Å²) in [6.07, 6.45) is 6.14. The molecular weight excluding hydrogens is 276 g/mol. The second-order valence-corrected chi connectivity index (χ2v) is 5.91. The number of rotatable bonds is 5. The summed E-state index contributed by atoms with van der Waals surface area (Å²) in [6.45, 7) is 2.75. The zero-order valence-electron chi connectivity index (χ0n) is 11.8. The van der Waals surface area contributed by atoms with Crippen molar-refractivity contribution in [2.75, 3.05) is 0 Å². The Labute approximate surface area is 124 Å². The SMILES string of the molecule is CCC1CCCCC1NCc1ccc(Cl)cc1[N+](=O)[O-]. The summed E-state index contributed by atoms with van der Waals surface area (Å²) in [5, 5.41) is 15.0. The normalized spacial score (nSPS) is 22.7. The summed E-state index contributed by atoms with van der Waals surface area (Å²) in [5.74, 6) is 0.690. The predicted molar refractivity (Wildman–Crippen MR) is 81.0 cm³/mol. The van der Waals surface area contributed by atoms with Crippen molar-refractivity contribution in [3.8, 4) is 0 Å². The topological polar surface area (TPSA) is 55.2 Å². The molecule has 1 saturated carbocycles. The molecule has 110 valence electrons. The van der Waals surface area contributed by atoms with Crippen LogP contribution in [-0.4, -0.2) is 11.0 Å². The van der Waals surface area contributed by atoms with Crippen LogP contribution in [0, 0.1) is 16.0 Å². The molecule has 2 rings (SSSR count). The number of nitro benzene ring substituents is 1. The van der Waals surface area contributed by atoms with Crippen molar-refractivity contribution in [1.82, 2.24) is 5.32 Å². The van der Waals surface area contributed by atoms with Gasteiger partial charge in [-0.05, 0) is 30.9 Å². The highest BCUT2D eigenvalue weighted by molar-refractivity contribution is 6.30. The summed E-state index contributed by atoms with van der Waals surface area (Å²) in [4.78, 5) is 10.7. The summed E-state index contributed by atoms with van der Waals surface area (Å²) < 4.78 is 0. The van der Waals surface area contributed by atoms with Crippen LogP contribution >= 0.6 is 11.6 Å². The monoisotopic (exact) mass is 296 g/mol. The molecule has 20 heavy (non-hydrogen) atoms. The van der Waals surface area contributed by atoms with Gasteiger partial charge in [0.05, 0.1) is 4.92 Å². The molecule has 0 bridgehead atoms. The van der Waals surface area contributed by atoms with Crippen LogP contribution in [0.3, 0.4) is 0 Å². The minimum absolute atomic E-state index is 0.105. The van der Waals surface area contributed by atoms with Gasteiger partial charge in [0.15, 0.2) is 0 Å². The molecule has 1 aromatic rings. The average molecular weight is 297 g/mol. The van der Waals surface area contributed by atoms with E-state index in [1.165, 1.54) is 38.2 Å². The third-order valence-corrected chi connectivity index (χ3v) is 4.47. The van der Waals surface area contributed by atoms with Crippen molar-refractivity contribution in [2.24, 2.45) is 5.92 Å². The van der Waals surface area contributed by atoms with E-state index < -0.39 is 0 Å². The minimum atomic E-state index is -0.360. The highest BCUT2D eigenvalue weighted by atomic mass is 35.5. The molecule has 5 heteroatoms. The second-order valence-electron chi connectivity index (χ2n) is 5.47. The van der Waals surface area contributed by atoms with Gasteiger partial charge < -0.3 is 5.32 Å². The lowest BCUT2D eigenvalue weighted by Crippen LogP contribution is -2.37. The molecule has 1 aliphatic carbocycles. The van der Waals surface area contributed by atoms with Gasteiger partial charge in [0.1, 0.15) is 0 Å². The van der Waals surface area contributed by atoms with Gasteiger partial charge in [-0.3, -0.25) is 10.1 Å². The highest BCUT2D eigenvalue weighted by Gasteiger charge is 2.24. The third kappa shape index (κ3) is 3.70. The van der Waals surface area contributed by atoms with Crippen LogP contribution in [0.1, 0.15) is 44.6 Å². The fourth-order valence-electron chi connectivity index (χ4n) is 3.06. The lowest BCUT2D eigenvalue weighted by atomic mass is 9.83. The van der Waals surface area contributed by atoms with Crippen molar-refractivity contribution in [3.05, 3.63) is 38.9 Å². The largest absolute Gasteiger partial charge is 0.309 e. The van der Waals surface area contributed by atoms with Crippen molar-refractivity contribution in [2.45, 2.75) is 51.6 Å². The minimum Gasteiger partial charge on any atom is -0.309 e. The smallest absolute Gasteiger partial charge is 0.275 e. The van der Waals surface area contributed by atoms with Gasteiger partial charge >= 0.3 is 0 Å². The lowest BCUT2D eigenvalue weighted by Gasteiger charge is -2.31. The molecule has 0 saturated heterocycles. The van der Waals surface area contributed by atoms with Gasteiger partial charge in [-0.25, -0.2) is 0 Å². The van der Waals surface area contributed by atoms with Crippen molar-refractivity contribution in [1.29, 1.82) is 0 Å². The van der Waals surface area contributed by atoms with Crippen molar-refractivity contribution < 1.29 is 4.92 Å². The van der Waals surface area contributed by atoms with Crippen LogP contribution in [-0.2, 0) is 6.54 Å². The van der Waals surface area contributed by atoms with E-state index in [1.807, 2.05) is 0 Å². The van der Waals surface area contributed by atoms with Crippen LogP contribution in [0.4, 0.5) is 5.69 Å². The number of nitro groups is 1. The van der Waals surface area contributed by atoms with E-state index >= 15 is 0 Å². The van der Waals surface area contributed by atoms with Crippen LogP contribution < -0.4 is 5.32 Å². The van der Waals surface area contributed by atoms with Crippen molar-refractivity contribution >= 4 is 17.3 Å². The zero-order valence-corrected chi connectivity index (χ0v) is 12.5. The molecule has 0 amide bonds. The first-order valence-corrected chi connectivity index (χ1v) is 7.65. The molecule has 0 heterocycles. The first-order valence-electron chi connectivity index (χ1n) is 7.28. The Bertz CT molecular complexity index is 479. The first-order chi connectivity index (χ1) is 9.61. The number of benzene rings is 1. The van der Waals surface area contributed by atoms with Gasteiger partial charge in [0.25, 0.3) is 5.69 Å². The van der Waals surface area contributed by atoms with E-state index in [4.69, 9.17) is 11.6 Å². The van der Waals surface area contributed by atoms with Crippen LogP contribution in [0.15, 0.2) is 18.2 Å². The Morgan fingerprint density at radius 3 is 2.85 bits per heavy atom. The second kappa shape index (κ2) is 7.04. The molecular formula is C15H21ClN2O2. The Morgan fingerprint density at radius 2 is 2.15 bits per heavy atom. The molecule has 0 radical (unpaired) electrons. The van der Waals surface area contributed by atoms with Gasteiger partial charge in [-0.2, -0.15) is 0 Å². The summed E-state index contributed by atoms with van der Waals surface area (Å²) in [5.41, 5.74) is 0.814. The average Bonchev–Trinajstić information content (AvgIpc) is 2.46. The molecule has 2 atom stereocenters. The summed E-state index contributed by atoms with van der Waals surface area (Å²) >= 11 is 5.83. The number of hydrogen-bond donors (Lipinski definition) is 1. The van der Waals surface area contributed by atoms with Crippen LogP contribution in [0.2, 0.25) is 5.02 Å². The predicted octanol–water partition coefficient (Wildman–Crippen LogP) is 4.31. The molecule has 1 fully saturated rings. The standard InChI is InChI=1S/C15H21ClN2O2/c1-2-11-5-3-4-6-14(11)17-10-12-7-8-13(16)9-15(12)18(19)20/h7-9,11,14,17H,2-6,10H2,1H3. The number of nitrogens with one attached hydrogen (secondary N) is 1. The number of halogens is 1. The quantitative estimate of drug-likeness (QED) is 0.651. The van der Waals surface area contributed by atoms with E-state index in [2.05, 4.69) is 12.2 Å². The van der Waals surface area contributed by atoms with Gasteiger partial charge in [-0.1, -0.05) is 37.8 Å². The van der Waals surface area contributed by atoms with Crippen molar-refractivity contribution in [3.63, 3.8) is 0 Å². The van der Waals surface area contributed by atoms with E-state index in [-0.39, 0.29) is 10.6 Å². The first kappa shape index (κ1) is 15.3. The van der Waals surface area contributed by atoms with Crippen LogP contribution in [0.25, 0.3) is 0 Å². The molecule has 0 aliphatic heterocycles. The molecule has 1 N–H and O–H groups in total. The molecule has 0 aromatic heterocycles. The maximum atomic E-state index is 11.1. The Balaban J connectivity index is 2.04. The maximum absolute atomic E-state index is 11.1. The fraction of sp³-hybridized carbons (Fsp3) is 0.600. The summed E-state index contributed by atoms with van der Waals surface area (Å²) in [6, 6.07) is 5.36. The maximum Gasteiger partial charge on any atom is 0.275 e. The number of hydrogen-bond acceptors (Lipinski definition) is 3. The Kier molecular flexibility index (Phi) is 5.38. The summed E-state index contributed by atoms with van der Waals surface area (Å²) in [7, 11) is 0. The lowest BCUT2D eigenvalue weighted by molar-refractivity contribution is -0.385. The molecule has 1 aromatic carbocycles. The van der Waals surface area contributed by atoms with E-state index in [9.17, 15) is 10.1 Å². The van der Waals surface area contributed by atoms with Gasteiger partial charge in [0, 0.05) is 29.2 Å². The zero-order chi connectivity index (χ0) is 14.5. The Hall–Kier alpha value is -1.13. The highest BCUT2D eigenvalue weighted by Crippen LogP contribution is 2.28. The van der Waals surface area contributed by atoms with Gasteiger partial charge in [0.2, 0.25) is 0 Å².